The lowest BCUT2D eigenvalue weighted by Gasteiger charge is -2.35. The summed E-state index contributed by atoms with van der Waals surface area (Å²) in [6, 6.07) is 63.7. The molecule has 8 aromatic rings. The molecule has 0 aliphatic rings. The minimum atomic E-state index is -2.91. The SMILES string of the molecule is [C-]#[N+]c1ccc(-c2ccc([Si](c3ccccc3)(c3ccccc3)c3ccccc3)c(C#N)c2)c(-n2c3ccccc3c3ccccc32)c1. The fourth-order valence-corrected chi connectivity index (χ4v) is 12.2. The summed E-state index contributed by atoms with van der Waals surface area (Å²) in [5, 5.41) is 18.0. The Kier molecular flexibility index (Phi) is 7.27. The lowest BCUT2D eigenvalue weighted by molar-refractivity contribution is 1.18. The summed E-state index contributed by atoms with van der Waals surface area (Å²) >= 11 is 0. The first-order chi connectivity index (χ1) is 23.7. The molecule has 0 saturated carbocycles. The minimum absolute atomic E-state index is 0.566. The second kappa shape index (κ2) is 12.0. The molecule has 0 N–H and O–H groups in total. The Morgan fingerprint density at radius 2 is 1.04 bits per heavy atom. The molecule has 0 radical (unpaired) electrons. The molecular weight excluding hydrogens is 599 g/mol. The fraction of sp³-hybridized carbons (Fsp3) is 0. The Bertz CT molecular complexity index is 2370. The van der Waals surface area contributed by atoms with E-state index < -0.39 is 8.07 Å². The molecule has 0 spiro atoms. The van der Waals surface area contributed by atoms with Gasteiger partial charge in [-0.25, -0.2) is 4.85 Å². The van der Waals surface area contributed by atoms with Gasteiger partial charge in [0.2, 0.25) is 0 Å². The van der Waals surface area contributed by atoms with Gasteiger partial charge in [-0.1, -0.05) is 152 Å². The largest absolute Gasteiger partial charge is 0.310 e. The molecule has 0 aliphatic carbocycles. The minimum Gasteiger partial charge on any atom is -0.310 e. The van der Waals surface area contributed by atoms with E-state index >= 15 is 0 Å². The van der Waals surface area contributed by atoms with Gasteiger partial charge in [0.15, 0.2) is 13.8 Å². The Labute approximate surface area is 281 Å². The quantitative estimate of drug-likeness (QED) is 0.104. The molecule has 7 aromatic carbocycles. The predicted molar refractivity (Wildman–Crippen MR) is 201 cm³/mol. The van der Waals surface area contributed by atoms with E-state index in [4.69, 9.17) is 6.57 Å². The number of fused-ring (bicyclic) bond motifs is 3. The van der Waals surface area contributed by atoms with Crippen LogP contribution in [0.5, 0.6) is 0 Å². The van der Waals surface area contributed by atoms with Gasteiger partial charge in [-0.3, -0.25) is 0 Å². The lowest BCUT2D eigenvalue weighted by atomic mass is 10.0. The molecule has 4 heteroatoms. The third-order valence-electron chi connectivity index (χ3n) is 9.41. The second-order valence-corrected chi connectivity index (χ2v) is 15.7. The van der Waals surface area contributed by atoms with Gasteiger partial charge >= 0.3 is 0 Å². The lowest BCUT2D eigenvalue weighted by Crippen LogP contribution is -2.75. The number of para-hydroxylation sites is 2. The summed E-state index contributed by atoms with van der Waals surface area (Å²) < 4.78 is 2.26. The maximum atomic E-state index is 10.9. The molecule has 0 bridgehead atoms. The molecule has 0 aliphatic heterocycles. The van der Waals surface area contributed by atoms with E-state index in [0.29, 0.717) is 11.3 Å². The first-order valence-electron chi connectivity index (χ1n) is 16.0. The van der Waals surface area contributed by atoms with Crippen LogP contribution in [0.4, 0.5) is 5.69 Å². The molecule has 0 fully saturated rings. The second-order valence-electron chi connectivity index (χ2n) is 11.9. The van der Waals surface area contributed by atoms with Crippen LogP contribution >= 0.6 is 0 Å². The first-order valence-corrected chi connectivity index (χ1v) is 18.0. The van der Waals surface area contributed by atoms with Crippen molar-refractivity contribution in [1.82, 2.24) is 4.57 Å². The third-order valence-corrected chi connectivity index (χ3v) is 14.2. The Morgan fingerprint density at radius 3 is 1.54 bits per heavy atom. The standard InChI is InChI=1S/C44H29N3Si/c1-46-34-26-27-38(43(30-34)47-41-23-13-11-21-39(41)40-22-12-14-24-42(40)47)32-25-28-44(33(29-32)31-45)48(35-15-5-2-6-16-35,36-17-7-3-8-18-36)37-19-9-4-10-20-37/h2-30H. The Morgan fingerprint density at radius 1 is 0.542 bits per heavy atom. The summed E-state index contributed by atoms with van der Waals surface area (Å²) in [4.78, 5) is 3.81. The highest BCUT2D eigenvalue weighted by molar-refractivity contribution is 7.20. The molecule has 48 heavy (non-hydrogen) atoms. The van der Waals surface area contributed by atoms with Crippen molar-refractivity contribution in [3.8, 4) is 22.9 Å². The van der Waals surface area contributed by atoms with E-state index in [2.05, 4.69) is 173 Å². The van der Waals surface area contributed by atoms with Crippen LogP contribution in [0.15, 0.2) is 176 Å². The molecule has 0 unspecified atom stereocenters. The van der Waals surface area contributed by atoms with Crippen molar-refractivity contribution in [3.05, 3.63) is 193 Å². The van der Waals surface area contributed by atoms with Crippen LogP contribution in [0.25, 0.3) is 43.5 Å². The van der Waals surface area contributed by atoms with Crippen LogP contribution in [0, 0.1) is 17.9 Å². The van der Waals surface area contributed by atoms with Gasteiger partial charge in [0.05, 0.1) is 29.2 Å². The molecule has 0 atom stereocenters. The average molecular weight is 628 g/mol. The topological polar surface area (TPSA) is 33.1 Å². The van der Waals surface area contributed by atoms with E-state index in [9.17, 15) is 5.26 Å². The summed E-state index contributed by atoms with van der Waals surface area (Å²) in [5.74, 6) is 0. The van der Waals surface area contributed by atoms with E-state index in [1.54, 1.807) is 0 Å². The highest BCUT2D eigenvalue weighted by Gasteiger charge is 2.43. The predicted octanol–water partition coefficient (Wildman–Crippen LogP) is 8.25. The van der Waals surface area contributed by atoms with Gasteiger partial charge in [0.1, 0.15) is 0 Å². The molecule has 3 nitrogen and oxygen atoms in total. The number of hydrogen-bond donors (Lipinski definition) is 0. The van der Waals surface area contributed by atoms with Crippen molar-refractivity contribution in [2.24, 2.45) is 0 Å². The van der Waals surface area contributed by atoms with Crippen LogP contribution in [-0.4, -0.2) is 12.6 Å². The number of nitriles is 1. The first kappa shape index (κ1) is 29.0. The van der Waals surface area contributed by atoms with Crippen molar-refractivity contribution in [1.29, 1.82) is 5.26 Å². The monoisotopic (exact) mass is 627 g/mol. The van der Waals surface area contributed by atoms with E-state index in [-0.39, 0.29) is 0 Å². The average Bonchev–Trinajstić information content (AvgIpc) is 3.50. The number of benzene rings is 7. The van der Waals surface area contributed by atoms with Crippen molar-refractivity contribution in [2.45, 2.75) is 0 Å². The Balaban J connectivity index is 1.42. The molecule has 8 rings (SSSR count). The molecule has 1 heterocycles. The Hall–Kier alpha value is -6.46. The van der Waals surface area contributed by atoms with Gasteiger partial charge in [-0.05, 0) is 50.6 Å². The van der Waals surface area contributed by atoms with E-state index in [1.807, 2.05) is 18.2 Å². The summed E-state index contributed by atoms with van der Waals surface area (Å²) in [6.45, 7) is 7.85. The van der Waals surface area contributed by atoms with Crippen LogP contribution in [-0.2, 0) is 0 Å². The maximum Gasteiger partial charge on any atom is 0.189 e. The molecular formula is C44H29N3Si. The maximum absolute atomic E-state index is 10.9. The molecule has 1 aromatic heterocycles. The molecule has 0 saturated heterocycles. The van der Waals surface area contributed by atoms with Gasteiger partial charge in [-0.15, -0.1) is 0 Å². The van der Waals surface area contributed by atoms with Gasteiger partial charge < -0.3 is 4.57 Å². The number of hydrogen-bond acceptors (Lipinski definition) is 1. The number of aromatic nitrogens is 1. The van der Waals surface area contributed by atoms with Crippen molar-refractivity contribution >= 4 is 56.3 Å². The van der Waals surface area contributed by atoms with Gasteiger partial charge in [0, 0.05) is 22.0 Å². The summed E-state index contributed by atoms with van der Waals surface area (Å²) in [6.07, 6.45) is 0. The zero-order valence-corrected chi connectivity index (χ0v) is 27.1. The van der Waals surface area contributed by atoms with E-state index in [1.165, 1.54) is 15.6 Å². The normalized spacial score (nSPS) is 11.3. The number of nitrogens with zero attached hydrogens (tertiary/aromatic N) is 3. The van der Waals surface area contributed by atoms with Gasteiger partial charge in [-0.2, -0.15) is 5.26 Å². The van der Waals surface area contributed by atoms with Crippen molar-refractivity contribution in [2.75, 3.05) is 0 Å². The third kappa shape index (κ3) is 4.55. The summed E-state index contributed by atoms with van der Waals surface area (Å²) in [7, 11) is -2.91. The van der Waals surface area contributed by atoms with E-state index in [0.717, 1.165) is 43.8 Å². The molecule has 0 amide bonds. The van der Waals surface area contributed by atoms with Crippen LogP contribution in [0.3, 0.4) is 0 Å². The number of rotatable bonds is 6. The van der Waals surface area contributed by atoms with Crippen LogP contribution in [0.2, 0.25) is 0 Å². The van der Waals surface area contributed by atoms with Crippen LogP contribution < -0.4 is 20.7 Å². The zero-order chi connectivity index (χ0) is 32.5. The highest BCUT2D eigenvalue weighted by atomic mass is 28.3. The van der Waals surface area contributed by atoms with Crippen molar-refractivity contribution < 1.29 is 0 Å². The van der Waals surface area contributed by atoms with Crippen LogP contribution in [0.1, 0.15) is 5.56 Å². The van der Waals surface area contributed by atoms with Crippen molar-refractivity contribution in [3.63, 3.8) is 0 Å². The zero-order valence-electron chi connectivity index (χ0n) is 26.1. The fourth-order valence-electron chi connectivity index (χ4n) is 7.36. The summed E-state index contributed by atoms with van der Waals surface area (Å²) in [5.41, 5.74) is 6.17. The highest BCUT2D eigenvalue weighted by Crippen LogP contribution is 2.38. The van der Waals surface area contributed by atoms with Gasteiger partial charge in [0.25, 0.3) is 0 Å². The smallest absolute Gasteiger partial charge is 0.189 e. The molecule has 224 valence electrons.